The lowest BCUT2D eigenvalue weighted by molar-refractivity contribution is 0.628. The number of aromatic nitrogens is 1. The third kappa shape index (κ3) is 1.99. The van der Waals surface area contributed by atoms with Gasteiger partial charge in [-0.05, 0) is 39.7 Å². The van der Waals surface area contributed by atoms with E-state index >= 15 is 0 Å². The van der Waals surface area contributed by atoms with Gasteiger partial charge in [-0.25, -0.2) is 9.37 Å². The van der Waals surface area contributed by atoms with Crippen molar-refractivity contribution >= 4 is 21.7 Å². The number of nitrogens with zero attached hydrogens (tertiary/aromatic N) is 1. The Bertz CT molecular complexity index is 479. The van der Waals surface area contributed by atoms with Crippen molar-refractivity contribution in [1.82, 2.24) is 4.98 Å². The van der Waals surface area contributed by atoms with Crippen LogP contribution in [0, 0.1) is 5.82 Å². The van der Waals surface area contributed by atoms with E-state index in [2.05, 4.69) is 20.9 Å². The van der Waals surface area contributed by atoms with Crippen molar-refractivity contribution in [2.24, 2.45) is 0 Å². The van der Waals surface area contributed by atoms with Gasteiger partial charge < -0.3 is 5.73 Å². The van der Waals surface area contributed by atoms with Gasteiger partial charge >= 0.3 is 0 Å². The fourth-order valence-corrected chi connectivity index (χ4v) is 1.93. The van der Waals surface area contributed by atoms with Crippen LogP contribution in [0.15, 0.2) is 41.0 Å². The molecule has 0 amide bonds. The number of nitrogen functional groups attached to an aromatic ring is 1. The summed E-state index contributed by atoms with van der Waals surface area (Å²) in [5.41, 5.74) is 7.17. The second-order valence-corrected chi connectivity index (χ2v) is 3.92. The molecule has 0 saturated heterocycles. The number of anilines is 1. The molecule has 0 aliphatic heterocycles. The van der Waals surface area contributed by atoms with E-state index in [4.69, 9.17) is 5.73 Å². The molecule has 0 atom stereocenters. The minimum absolute atomic E-state index is 0.289. The summed E-state index contributed by atoms with van der Waals surface area (Å²) in [6.45, 7) is 0. The van der Waals surface area contributed by atoms with Crippen LogP contribution in [-0.2, 0) is 0 Å². The highest BCUT2D eigenvalue weighted by Gasteiger charge is 2.08. The molecule has 76 valence electrons. The number of hydrogen-bond donors (Lipinski definition) is 1. The van der Waals surface area contributed by atoms with Crippen molar-refractivity contribution < 1.29 is 4.39 Å². The number of halogens is 2. The number of pyridine rings is 1. The molecule has 0 fully saturated rings. The minimum atomic E-state index is -0.289. The van der Waals surface area contributed by atoms with E-state index in [1.54, 1.807) is 24.4 Å². The summed E-state index contributed by atoms with van der Waals surface area (Å²) in [5, 5.41) is 0. The van der Waals surface area contributed by atoms with Gasteiger partial charge in [-0.2, -0.15) is 0 Å². The normalized spacial score (nSPS) is 10.3. The summed E-state index contributed by atoms with van der Waals surface area (Å²) in [4.78, 5) is 3.97. The molecule has 0 aliphatic carbocycles. The molecule has 2 nitrogen and oxygen atoms in total. The third-order valence-electron chi connectivity index (χ3n) is 2.04. The van der Waals surface area contributed by atoms with Crippen LogP contribution in [-0.4, -0.2) is 4.98 Å². The third-order valence-corrected chi connectivity index (χ3v) is 2.70. The van der Waals surface area contributed by atoms with Crippen LogP contribution in [0.2, 0.25) is 0 Å². The molecule has 0 saturated carbocycles. The molecule has 0 radical (unpaired) electrons. The first-order valence-corrected chi connectivity index (χ1v) is 5.13. The Labute approximate surface area is 95.1 Å². The van der Waals surface area contributed by atoms with Crippen molar-refractivity contribution in [3.05, 3.63) is 46.8 Å². The Hall–Kier alpha value is -1.42. The summed E-state index contributed by atoms with van der Waals surface area (Å²) in [5.74, 6) is 0.0950. The van der Waals surface area contributed by atoms with E-state index in [0.717, 1.165) is 10.0 Å². The second-order valence-electron chi connectivity index (χ2n) is 3.06. The summed E-state index contributed by atoms with van der Waals surface area (Å²) in [6, 6.07) is 8.03. The molecular formula is C11H8BrFN2. The molecule has 1 aromatic carbocycles. The van der Waals surface area contributed by atoms with E-state index < -0.39 is 0 Å². The lowest BCUT2D eigenvalue weighted by atomic mass is 10.1. The van der Waals surface area contributed by atoms with E-state index in [1.165, 1.54) is 12.1 Å². The number of benzene rings is 1. The van der Waals surface area contributed by atoms with Gasteiger partial charge in [0, 0.05) is 16.2 Å². The zero-order valence-corrected chi connectivity index (χ0v) is 9.33. The summed E-state index contributed by atoms with van der Waals surface area (Å²) in [6.07, 6.45) is 1.60. The van der Waals surface area contributed by atoms with Gasteiger partial charge in [0.1, 0.15) is 11.6 Å². The Kier molecular flexibility index (Phi) is 2.68. The van der Waals surface area contributed by atoms with Crippen LogP contribution >= 0.6 is 15.9 Å². The predicted molar refractivity (Wildman–Crippen MR) is 61.7 cm³/mol. The SMILES string of the molecule is Nc1nccc(Br)c1-c1cccc(F)c1. The first-order chi connectivity index (χ1) is 7.18. The number of rotatable bonds is 1. The topological polar surface area (TPSA) is 38.9 Å². The van der Waals surface area contributed by atoms with Crippen molar-refractivity contribution in [2.45, 2.75) is 0 Å². The Balaban J connectivity index is 2.63. The Morgan fingerprint density at radius 1 is 1.27 bits per heavy atom. The van der Waals surface area contributed by atoms with Crippen LogP contribution in [0.5, 0.6) is 0 Å². The van der Waals surface area contributed by atoms with E-state index in [0.29, 0.717) is 11.4 Å². The van der Waals surface area contributed by atoms with Crippen LogP contribution in [0.25, 0.3) is 11.1 Å². The molecule has 1 heterocycles. The van der Waals surface area contributed by atoms with Gasteiger partial charge in [0.15, 0.2) is 0 Å². The lowest BCUT2D eigenvalue weighted by Crippen LogP contribution is -1.94. The molecule has 15 heavy (non-hydrogen) atoms. The van der Waals surface area contributed by atoms with Gasteiger partial charge in [0.2, 0.25) is 0 Å². The molecule has 0 aliphatic rings. The average molecular weight is 267 g/mol. The first-order valence-electron chi connectivity index (χ1n) is 4.34. The summed E-state index contributed by atoms with van der Waals surface area (Å²) in [7, 11) is 0. The summed E-state index contributed by atoms with van der Waals surface area (Å²) < 4.78 is 13.8. The molecular weight excluding hydrogens is 259 g/mol. The molecule has 2 N–H and O–H groups in total. The smallest absolute Gasteiger partial charge is 0.132 e. The monoisotopic (exact) mass is 266 g/mol. The summed E-state index contributed by atoms with van der Waals surface area (Å²) >= 11 is 3.37. The fourth-order valence-electron chi connectivity index (χ4n) is 1.38. The predicted octanol–water partition coefficient (Wildman–Crippen LogP) is 3.23. The highest BCUT2D eigenvalue weighted by atomic mass is 79.9. The van der Waals surface area contributed by atoms with E-state index in [1.807, 2.05) is 0 Å². The van der Waals surface area contributed by atoms with E-state index in [-0.39, 0.29) is 5.82 Å². The van der Waals surface area contributed by atoms with Crippen LogP contribution in [0.3, 0.4) is 0 Å². The first kappa shape index (κ1) is 10.1. The maximum Gasteiger partial charge on any atom is 0.132 e. The average Bonchev–Trinajstić information content (AvgIpc) is 2.17. The zero-order valence-electron chi connectivity index (χ0n) is 7.74. The van der Waals surface area contributed by atoms with Gasteiger partial charge in [0.05, 0.1) is 0 Å². The molecule has 0 spiro atoms. The van der Waals surface area contributed by atoms with Crippen molar-refractivity contribution in [1.29, 1.82) is 0 Å². The van der Waals surface area contributed by atoms with Crippen molar-refractivity contribution in [2.75, 3.05) is 5.73 Å². The van der Waals surface area contributed by atoms with Crippen LogP contribution in [0.1, 0.15) is 0 Å². The largest absolute Gasteiger partial charge is 0.383 e. The van der Waals surface area contributed by atoms with Gasteiger partial charge in [0.25, 0.3) is 0 Å². The van der Waals surface area contributed by atoms with Gasteiger partial charge in [-0.1, -0.05) is 12.1 Å². The maximum atomic E-state index is 13.0. The zero-order chi connectivity index (χ0) is 10.8. The molecule has 0 bridgehead atoms. The second kappa shape index (κ2) is 3.98. The fraction of sp³-hybridized carbons (Fsp3) is 0. The number of hydrogen-bond acceptors (Lipinski definition) is 2. The standard InChI is InChI=1S/C11H8BrFN2/c12-9-4-5-15-11(14)10(9)7-2-1-3-8(13)6-7/h1-6H,(H2,14,15). The van der Waals surface area contributed by atoms with Crippen LogP contribution < -0.4 is 5.73 Å². The molecule has 2 rings (SSSR count). The van der Waals surface area contributed by atoms with Crippen molar-refractivity contribution in [3.8, 4) is 11.1 Å². The molecule has 0 unspecified atom stereocenters. The minimum Gasteiger partial charge on any atom is -0.383 e. The van der Waals surface area contributed by atoms with E-state index in [9.17, 15) is 4.39 Å². The molecule has 4 heteroatoms. The maximum absolute atomic E-state index is 13.0. The van der Waals surface area contributed by atoms with Crippen molar-refractivity contribution in [3.63, 3.8) is 0 Å². The molecule has 2 aromatic rings. The van der Waals surface area contributed by atoms with Gasteiger partial charge in [-0.15, -0.1) is 0 Å². The lowest BCUT2D eigenvalue weighted by Gasteiger charge is -2.07. The number of nitrogens with two attached hydrogens (primary N) is 1. The Morgan fingerprint density at radius 3 is 2.73 bits per heavy atom. The van der Waals surface area contributed by atoms with Crippen LogP contribution in [0.4, 0.5) is 10.2 Å². The van der Waals surface area contributed by atoms with Gasteiger partial charge in [-0.3, -0.25) is 0 Å². The highest BCUT2D eigenvalue weighted by molar-refractivity contribution is 9.10. The Morgan fingerprint density at radius 2 is 2.07 bits per heavy atom. The molecule has 1 aromatic heterocycles. The quantitative estimate of drug-likeness (QED) is 0.861. The highest BCUT2D eigenvalue weighted by Crippen LogP contribution is 2.31.